The van der Waals surface area contributed by atoms with Gasteiger partial charge in [-0.2, -0.15) is 0 Å². The number of likely N-dealkylation sites (N-methyl/N-ethyl adjacent to an activating group) is 1. The number of carbonyl (C=O) groups is 1. The Morgan fingerprint density at radius 2 is 1.45 bits per heavy atom. The smallest absolute Gasteiger partial charge is 0.343 e. The summed E-state index contributed by atoms with van der Waals surface area (Å²) in [7, 11) is 8.48. The van der Waals surface area contributed by atoms with Crippen LogP contribution in [0.5, 0.6) is 17.2 Å². The van der Waals surface area contributed by atoms with Crippen LogP contribution < -0.4 is 24.5 Å². The standard InChI is InChI=1S/C43H46FN3O7S2/c1-29-28-53-41-38-35(26-37(44)39(41)46-20-18-45(2)19-21-46)40(48)36(27-47(29)38)42(49)52-22-24-55-56-25-23-54-43(30-8-6-5-7-9-30,31-10-14-33(50-3)15-11-31)32-12-16-34(51-4)17-13-32/h5-17,26-27,29H,18-25,28H2,1-4H3/t29-/m0/s1. The van der Waals surface area contributed by atoms with Gasteiger partial charge in [-0.05, 0) is 61.0 Å². The Morgan fingerprint density at radius 1 is 0.857 bits per heavy atom. The number of piperazine rings is 1. The number of aromatic nitrogens is 1. The van der Waals surface area contributed by atoms with Crippen LogP contribution >= 0.6 is 21.6 Å². The van der Waals surface area contributed by atoms with Crippen LogP contribution in [0.4, 0.5) is 10.1 Å². The molecule has 7 rings (SSSR count). The van der Waals surface area contributed by atoms with Crippen LogP contribution in [0.1, 0.15) is 40.0 Å². The first-order chi connectivity index (χ1) is 27.2. The van der Waals surface area contributed by atoms with E-state index in [2.05, 4.69) is 17.0 Å². The highest BCUT2D eigenvalue weighted by Crippen LogP contribution is 2.43. The second-order valence-corrected chi connectivity index (χ2v) is 16.5. The fourth-order valence-electron chi connectivity index (χ4n) is 7.35. The molecule has 0 bridgehead atoms. The van der Waals surface area contributed by atoms with Gasteiger partial charge in [0.25, 0.3) is 0 Å². The molecule has 0 spiro atoms. The number of rotatable bonds is 15. The van der Waals surface area contributed by atoms with Gasteiger partial charge in [-0.3, -0.25) is 4.79 Å². The minimum Gasteiger partial charge on any atom is -0.497 e. The topological polar surface area (TPSA) is 91.7 Å². The molecule has 1 fully saturated rings. The summed E-state index contributed by atoms with van der Waals surface area (Å²) in [6.07, 6.45) is 1.54. The summed E-state index contributed by atoms with van der Waals surface area (Å²) in [5.41, 5.74) is 2.16. The largest absolute Gasteiger partial charge is 0.497 e. The summed E-state index contributed by atoms with van der Waals surface area (Å²) in [6, 6.07) is 27.0. The number of ether oxygens (including phenoxy) is 5. The molecule has 4 aromatic carbocycles. The normalized spacial score (nSPS) is 15.7. The summed E-state index contributed by atoms with van der Waals surface area (Å²) in [5.74, 6) is 1.74. The second kappa shape index (κ2) is 17.6. The number of hydrogen-bond acceptors (Lipinski definition) is 11. The molecule has 1 saturated heterocycles. The van der Waals surface area contributed by atoms with Crippen LogP contribution in [0, 0.1) is 5.82 Å². The molecule has 0 aliphatic carbocycles. The van der Waals surface area contributed by atoms with Crippen LogP contribution in [0.3, 0.4) is 0 Å². The van der Waals surface area contributed by atoms with Gasteiger partial charge >= 0.3 is 5.97 Å². The average molecular weight is 800 g/mol. The van der Waals surface area contributed by atoms with Crippen molar-refractivity contribution in [3.8, 4) is 17.2 Å². The van der Waals surface area contributed by atoms with E-state index in [0.717, 1.165) is 41.3 Å². The molecule has 1 atom stereocenters. The van der Waals surface area contributed by atoms with E-state index in [0.29, 0.717) is 48.2 Å². The van der Waals surface area contributed by atoms with Gasteiger partial charge < -0.3 is 38.1 Å². The Labute approximate surface area is 334 Å². The average Bonchev–Trinajstić information content (AvgIpc) is 3.23. The summed E-state index contributed by atoms with van der Waals surface area (Å²) in [6.45, 7) is 5.61. The molecule has 0 unspecified atom stereocenters. The first-order valence-electron chi connectivity index (χ1n) is 18.6. The third-order valence-corrected chi connectivity index (χ3v) is 12.7. The zero-order valence-corrected chi connectivity index (χ0v) is 33.6. The molecule has 0 N–H and O–H groups in total. The van der Waals surface area contributed by atoms with E-state index in [1.807, 2.05) is 90.2 Å². The number of methoxy groups -OCH3 is 2. The van der Waals surface area contributed by atoms with Gasteiger partial charge in [0.2, 0.25) is 5.43 Å². The minimum absolute atomic E-state index is 0.0983. The fourth-order valence-corrected chi connectivity index (χ4v) is 9.00. The lowest BCUT2D eigenvalue weighted by Crippen LogP contribution is -2.45. The maximum Gasteiger partial charge on any atom is 0.343 e. The van der Waals surface area contributed by atoms with Crippen LogP contribution in [-0.4, -0.2) is 94.2 Å². The minimum atomic E-state index is -0.909. The fraction of sp³-hybridized carbons (Fsp3) is 0.349. The second-order valence-electron chi connectivity index (χ2n) is 13.8. The number of nitrogens with zero attached hydrogens (tertiary/aromatic N) is 3. The molecule has 10 nitrogen and oxygen atoms in total. The summed E-state index contributed by atoms with van der Waals surface area (Å²) >= 11 is 0. The molecule has 0 amide bonds. The quantitative estimate of drug-likeness (QED) is 0.0459. The Balaban J connectivity index is 1.00. The molecular weight excluding hydrogens is 754 g/mol. The highest BCUT2D eigenvalue weighted by Gasteiger charge is 2.38. The van der Waals surface area contributed by atoms with Crippen molar-refractivity contribution < 1.29 is 32.9 Å². The molecule has 5 aromatic rings. The van der Waals surface area contributed by atoms with Gasteiger partial charge in [-0.15, -0.1) is 0 Å². The first kappa shape index (κ1) is 39.5. The zero-order chi connectivity index (χ0) is 39.2. The van der Waals surface area contributed by atoms with E-state index in [1.165, 1.54) is 6.07 Å². The van der Waals surface area contributed by atoms with E-state index in [9.17, 15) is 9.59 Å². The van der Waals surface area contributed by atoms with Gasteiger partial charge in [0.1, 0.15) is 41.6 Å². The van der Waals surface area contributed by atoms with Crippen molar-refractivity contribution in [2.24, 2.45) is 0 Å². The van der Waals surface area contributed by atoms with Gasteiger partial charge in [0, 0.05) is 43.9 Å². The van der Waals surface area contributed by atoms with E-state index >= 15 is 4.39 Å². The lowest BCUT2D eigenvalue weighted by atomic mass is 9.80. The van der Waals surface area contributed by atoms with Crippen molar-refractivity contribution in [3.63, 3.8) is 0 Å². The number of esters is 1. The summed E-state index contributed by atoms with van der Waals surface area (Å²) in [4.78, 5) is 31.2. The van der Waals surface area contributed by atoms with Crippen molar-refractivity contribution in [2.45, 2.75) is 18.6 Å². The van der Waals surface area contributed by atoms with E-state index in [-0.39, 0.29) is 30.2 Å². The monoisotopic (exact) mass is 799 g/mol. The molecule has 56 heavy (non-hydrogen) atoms. The first-order valence-corrected chi connectivity index (χ1v) is 21.1. The number of anilines is 1. The third kappa shape index (κ3) is 7.95. The molecular formula is C43H46FN3O7S2. The van der Waals surface area contributed by atoms with E-state index in [1.54, 1.807) is 42.0 Å². The van der Waals surface area contributed by atoms with Crippen LogP contribution in [0.2, 0.25) is 0 Å². The predicted octanol–water partition coefficient (Wildman–Crippen LogP) is 7.41. The molecule has 3 heterocycles. The summed E-state index contributed by atoms with van der Waals surface area (Å²) in [5, 5.41) is 0.108. The summed E-state index contributed by atoms with van der Waals surface area (Å²) < 4.78 is 47.1. The Bertz CT molecular complexity index is 2150. The Hall–Kier alpha value is -4.69. The van der Waals surface area contributed by atoms with Gasteiger partial charge in [0.05, 0.1) is 37.8 Å². The molecule has 1 aromatic heterocycles. The van der Waals surface area contributed by atoms with Gasteiger partial charge in [0.15, 0.2) is 11.6 Å². The SMILES string of the molecule is COc1ccc(C(OCCSSCCOC(=O)c2cn3c4c(c(N5CCN(C)CC5)c(F)cc4c2=O)OC[C@@H]3C)(c2ccccc2)c2ccc(OC)cc2)cc1. The molecule has 0 radical (unpaired) electrons. The Morgan fingerprint density at radius 3 is 2.05 bits per heavy atom. The van der Waals surface area contributed by atoms with Crippen LogP contribution in [0.15, 0.2) is 95.9 Å². The van der Waals surface area contributed by atoms with Gasteiger partial charge in [-0.25, -0.2) is 9.18 Å². The van der Waals surface area contributed by atoms with Crippen molar-refractivity contribution in [3.05, 3.63) is 129 Å². The lowest BCUT2D eigenvalue weighted by Gasteiger charge is -2.37. The van der Waals surface area contributed by atoms with E-state index in [4.69, 9.17) is 23.7 Å². The van der Waals surface area contributed by atoms with Crippen molar-refractivity contribution in [2.75, 3.05) is 83.7 Å². The highest BCUT2D eigenvalue weighted by atomic mass is 33.1. The highest BCUT2D eigenvalue weighted by molar-refractivity contribution is 8.76. The van der Waals surface area contributed by atoms with Crippen molar-refractivity contribution in [1.29, 1.82) is 0 Å². The van der Waals surface area contributed by atoms with Crippen molar-refractivity contribution >= 4 is 44.1 Å². The molecule has 2 aliphatic rings. The predicted molar refractivity (Wildman–Crippen MR) is 222 cm³/mol. The maximum atomic E-state index is 15.7. The number of carbonyl (C=O) groups excluding carboxylic acids is 1. The van der Waals surface area contributed by atoms with E-state index < -0.39 is 22.8 Å². The lowest BCUT2D eigenvalue weighted by molar-refractivity contribution is 0.0233. The molecule has 13 heteroatoms. The molecule has 2 aliphatic heterocycles. The molecule has 0 saturated carbocycles. The number of halogens is 1. The maximum absolute atomic E-state index is 15.7. The number of benzene rings is 4. The number of hydrogen-bond donors (Lipinski definition) is 0. The number of pyridine rings is 1. The molecule has 294 valence electrons. The van der Waals surface area contributed by atoms with Crippen LogP contribution in [0.25, 0.3) is 10.9 Å². The zero-order valence-electron chi connectivity index (χ0n) is 32.0. The van der Waals surface area contributed by atoms with Crippen molar-refractivity contribution in [1.82, 2.24) is 9.47 Å². The Kier molecular flexibility index (Phi) is 12.4. The van der Waals surface area contributed by atoms with Gasteiger partial charge in [-0.1, -0.05) is 76.2 Å². The van der Waals surface area contributed by atoms with Crippen LogP contribution in [-0.2, 0) is 15.1 Å². The third-order valence-electron chi connectivity index (χ3n) is 10.3.